The minimum atomic E-state index is -0.622. The zero-order valence-electron chi connectivity index (χ0n) is 16.2. The summed E-state index contributed by atoms with van der Waals surface area (Å²) in [6.45, 7) is 1.80. The number of hydrogen-bond donors (Lipinski definition) is 2. The number of allylic oxidation sites excluding steroid dienone is 1. The summed E-state index contributed by atoms with van der Waals surface area (Å²) in [5, 5.41) is 25.1. The van der Waals surface area contributed by atoms with Gasteiger partial charge in [-0.15, -0.1) is 0 Å². The molecule has 154 valence electrons. The number of carbonyl (C=O) groups is 1. The molecule has 2 heterocycles. The largest absolute Gasteiger partial charge is 0.503 e. The van der Waals surface area contributed by atoms with E-state index in [2.05, 4.69) is 36.8 Å². The number of esters is 1. The van der Waals surface area contributed by atoms with Gasteiger partial charge in [0.25, 0.3) is 0 Å². The molecular weight excluding hydrogens is 442 g/mol. The fraction of sp³-hybridized carbons (Fsp3) is 0.474. The van der Waals surface area contributed by atoms with Crippen molar-refractivity contribution in [2.75, 3.05) is 12.4 Å². The summed E-state index contributed by atoms with van der Waals surface area (Å²) in [6.07, 6.45) is 4.99. The number of aromatic hydroxyl groups is 1. The average Bonchev–Trinajstić information content (AvgIpc) is 3.17. The quantitative estimate of drug-likeness (QED) is 0.664. The van der Waals surface area contributed by atoms with Crippen LogP contribution < -0.4 is 10.1 Å². The molecule has 0 spiro atoms. The maximum atomic E-state index is 13.2. The second kappa shape index (κ2) is 8.02. The molecule has 1 fully saturated rings. The van der Waals surface area contributed by atoms with Crippen LogP contribution in [0.25, 0.3) is 0 Å². The Hall–Kier alpha value is -2.62. The number of aromatic nitrogens is 4. The van der Waals surface area contributed by atoms with E-state index in [-0.39, 0.29) is 17.6 Å². The number of tetrazole rings is 1. The first-order valence-electron chi connectivity index (χ1n) is 9.52. The lowest BCUT2D eigenvalue weighted by Gasteiger charge is -2.29. The van der Waals surface area contributed by atoms with E-state index >= 15 is 0 Å². The second-order valence-electron chi connectivity index (χ2n) is 7.23. The molecule has 2 aromatic rings. The van der Waals surface area contributed by atoms with E-state index in [0.29, 0.717) is 27.3 Å². The average molecular weight is 464 g/mol. The van der Waals surface area contributed by atoms with Crippen LogP contribution in [0.1, 0.15) is 50.6 Å². The molecule has 1 saturated carbocycles. The van der Waals surface area contributed by atoms with Gasteiger partial charge in [0.2, 0.25) is 5.95 Å². The predicted molar refractivity (Wildman–Crippen MR) is 108 cm³/mol. The summed E-state index contributed by atoms with van der Waals surface area (Å²) in [5.74, 6) is 0.287. The maximum absolute atomic E-state index is 13.2. The molecule has 0 amide bonds. The maximum Gasteiger partial charge on any atom is 0.338 e. The van der Waals surface area contributed by atoms with E-state index in [1.165, 1.54) is 18.2 Å². The van der Waals surface area contributed by atoms with Gasteiger partial charge in [-0.2, -0.15) is 4.68 Å². The third-order valence-electron chi connectivity index (χ3n) is 5.35. The van der Waals surface area contributed by atoms with Crippen LogP contribution in [0.4, 0.5) is 5.95 Å². The first kappa shape index (κ1) is 19.7. The topological polar surface area (TPSA) is 111 Å². The number of nitrogens with zero attached hydrogens (tertiary/aromatic N) is 4. The molecule has 0 saturated heterocycles. The van der Waals surface area contributed by atoms with Crippen LogP contribution >= 0.6 is 15.9 Å². The Morgan fingerprint density at radius 3 is 2.79 bits per heavy atom. The molecule has 4 rings (SSSR count). The van der Waals surface area contributed by atoms with Gasteiger partial charge in [-0.25, -0.2) is 4.79 Å². The van der Waals surface area contributed by atoms with Crippen LogP contribution in [-0.2, 0) is 9.53 Å². The number of anilines is 1. The molecule has 0 bridgehead atoms. The number of carbonyl (C=O) groups excluding carboxylic acids is 1. The van der Waals surface area contributed by atoms with E-state index in [1.54, 1.807) is 19.1 Å². The summed E-state index contributed by atoms with van der Waals surface area (Å²) in [6, 6.07) is 2.77. The monoisotopic (exact) mass is 463 g/mol. The number of nitrogens with one attached hydrogen (secondary N) is 1. The Morgan fingerprint density at radius 1 is 1.31 bits per heavy atom. The van der Waals surface area contributed by atoms with Crippen molar-refractivity contribution in [3.63, 3.8) is 0 Å². The summed E-state index contributed by atoms with van der Waals surface area (Å²) < 4.78 is 13.1. The summed E-state index contributed by atoms with van der Waals surface area (Å²) in [5.41, 5.74) is 1.73. The van der Waals surface area contributed by atoms with E-state index in [1.807, 2.05) is 0 Å². The van der Waals surface area contributed by atoms with Gasteiger partial charge in [0.05, 0.1) is 17.2 Å². The Balaban J connectivity index is 1.76. The van der Waals surface area contributed by atoms with Gasteiger partial charge >= 0.3 is 5.97 Å². The number of fused-ring (bicyclic) bond motifs is 1. The van der Waals surface area contributed by atoms with Gasteiger partial charge in [0.15, 0.2) is 11.5 Å². The minimum absolute atomic E-state index is 0.0193. The van der Waals surface area contributed by atoms with Crippen molar-refractivity contribution in [3.8, 4) is 11.5 Å². The van der Waals surface area contributed by atoms with Crippen molar-refractivity contribution in [3.05, 3.63) is 33.4 Å². The molecule has 0 radical (unpaired) electrons. The number of phenols is 1. The third kappa shape index (κ3) is 3.68. The molecule has 2 N–H and O–H groups in total. The Kier molecular flexibility index (Phi) is 5.44. The van der Waals surface area contributed by atoms with Crippen molar-refractivity contribution in [2.45, 2.75) is 51.2 Å². The number of halogens is 1. The molecule has 1 atom stereocenters. The number of hydrogen-bond acceptors (Lipinski definition) is 8. The van der Waals surface area contributed by atoms with E-state index in [9.17, 15) is 9.90 Å². The molecule has 2 aliphatic rings. The molecule has 1 unspecified atom stereocenters. The smallest absolute Gasteiger partial charge is 0.338 e. The van der Waals surface area contributed by atoms with E-state index in [4.69, 9.17) is 9.47 Å². The molecule has 1 aliphatic carbocycles. The number of methoxy groups -OCH3 is 1. The lowest BCUT2D eigenvalue weighted by molar-refractivity contribution is -0.146. The molecule has 1 aromatic carbocycles. The number of ether oxygens (including phenoxy) is 2. The third-order valence-corrected chi connectivity index (χ3v) is 5.95. The fourth-order valence-corrected chi connectivity index (χ4v) is 4.35. The standard InChI is InChI=1S/C19H22BrN5O4/c1-10-15(18(27)29-12-6-4-3-5-7-12)16(25-19(21-10)22-23-24-25)11-8-13(20)17(26)14(9-11)28-2/h8-9,12,16,26H,3-7H2,1-2H3,(H,21,22,24). The summed E-state index contributed by atoms with van der Waals surface area (Å²) in [4.78, 5) is 13.2. The zero-order chi connectivity index (χ0) is 20.5. The van der Waals surface area contributed by atoms with Crippen molar-refractivity contribution in [1.82, 2.24) is 20.2 Å². The summed E-state index contributed by atoms with van der Waals surface area (Å²) >= 11 is 3.35. The highest BCUT2D eigenvalue weighted by atomic mass is 79.9. The van der Waals surface area contributed by atoms with Crippen molar-refractivity contribution < 1.29 is 19.4 Å². The molecular formula is C19H22BrN5O4. The Morgan fingerprint density at radius 2 is 2.07 bits per heavy atom. The first-order valence-corrected chi connectivity index (χ1v) is 10.3. The van der Waals surface area contributed by atoms with Gasteiger partial charge < -0.3 is 19.9 Å². The Labute approximate surface area is 176 Å². The van der Waals surface area contributed by atoms with Crippen LogP contribution in [-0.4, -0.2) is 44.5 Å². The van der Waals surface area contributed by atoms with Gasteiger partial charge in [-0.05, 0) is 76.7 Å². The fourth-order valence-electron chi connectivity index (χ4n) is 3.89. The molecule has 1 aromatic heterocycles. The Bertz CT molecular complexity index is 968. The van der Waals surface area contributed by atoms with E-state index < -0.39 is 12.0 Å². The van der Waals surface area contributed by atoms with Crippen LogP contribution in [0.2, 0.25) is 0 Å². The SMILES string of the molecule is COc1cc(C2C(C(=O)OC3CCCCC3)=C(C)Nc3nnnn32)cc(Br)c1O. The predicted octanol–water partition coefficient (Wildman–Crippen LogP) is 3.31. The normalized spacial score (nSPS) is 19.5. The minimum Gasteiger partial charge on any atom is -0.503 e. The second-order valence-corrected chi connectivity index (χ2v) is 8.09. The zero-order valence-corrected chi connectivity index (χ0v) is 17.8. The number of phenolic OH excluding ortho intramolecular Hbond substituents is 1. The van der Waals surface area contributed by atoms with Crippen molar-refractivity contribution in [2.24, 2.45) is 0 Å². The lowest BCUT2D eigenvalue weighted by Crippen LogP contribution is -2.32. The first-order chi connectivity index (χ1) is 14.0. The van der Waals surface area contributed by atoms with Gasteiger partial charge in [0, 0.05) is 5.70 Å². The molecule has 1 aliphatic heterocycles. The number of rotatable bonds is 4. The van der Waals surface area contributed by atoms with Crippen molar-refractivity contribution in [1.29, 1.82) is 0 Å². The highest BCUT2D eigenvalue weighted by Gasteiger charge is 2.36. The van der Waals surface area contributed by atoms with Gasteiger partial charge in [-0.1, -0.05) is 11.5 Å². The van der Waals surface area contributed by atoms with Crippen molar-refractivity contribution >= 4 is 27.8 Å². The summed E-state index contributed by atoms with van der Waals surface area (Å²) in [7, 11) is 1.47. The highest BCUT2D eigenvalue weighted by Crippen LogP contribution is 2.42. The van der Waals surface area contributed by atoms with Crippen LogP contribution in [0.5, 0.6) is 11.5 Å². The highest BCUT2D eigenvalue weighted by molar-refractivity contribution is 9.10. The lowest BCUT2D eigenvalue weighted by atomic mass is 9.94. The van der Waals surface area contributed by atoms with Crippen LogP contribution in [0, 0.1) is 0 Å². The van der Waals surface area contributed by atoms with E-state index in [0.717, 1.165) is 25.7 Å². The molecule has 10 heteroatoms. The van der Waals surface area contributed by atoms with Gasteiger partial charge in [0.1, 0.15) is 12.1 Å². The van der Waals surface area contributed by atoms with Crippen LogP contribution in [0.15, 0.2) is 27.9 Å². The van der Waals surface area contributed by atoms with Crippen LogP contribution in [0.3, 0.4) is 0 Å². The van der Waals surface area contributed by atoms with Gasteiger partial charge in [-0.3, -0.25) is 0 Å². The number of benzene rings is 1. The molecule has 9 nitrogen and oxygen atoms in total. The molecule has 29 heavy (non-hydrogen) atoms.